The van der Waals surface area contributed by atoms with Crippen molar-refractivity contribution < 1.29 is 4.39 Å². The second-order valence-electron chi connectivity index (χ2n) is 4.69. The average Bonchev–Trinajstić information content (AvgIpc) is 2.56. The Morgan fingerprint density at radius 2 is 1.57 bits per heavy atom. The average molecular weight is 289 g/mol. The van der Waals surface area contributed by atoms with Gasteiger partial charge in [0.2, 0.25) is 5.95 Å². The fraction of sp³-hybridized carbons (Fsp3) is 0.385. The van der Waals surface area contributed by atoms with Crippen molar-refractivity contribution in [2.45, 2.75) is 0 Å². The van der Waals surface area contributed by atoms with Gasteiger partial charge in [-0.05, 0) is 0 Å². The highest BCUT2D eigenvalue weighted by atomic mass is 19.1. The Balaban J connectivity index is 1.62. The largest absolute Gasteiger partial charge is 0.372 e. The standard InChI is InChI=1S/C13H16FN7/c1-15-11-8-17-12(9-16-11)20-2-4-21(5-3-20)13-18-6-10(14)7-19-13/h6-9H,2-5H2,1H3,(H,15,16). The molecule has 0 atom stereocenters. The molecule has 1 N–H and O–H groups in total. The predicted octanol–water partition coefficient (Wildman–Crippen LogP) is 0.774. The van der Waals surface area contributed by atoms with E-state index < -0.39 is 5.82 Å². The van der Waals surface area contributed by atoms with Crippen molar-refractivity contribution >= 4 is 17.6 Å². The van der Waals surface area contributed by atoms with Crippen LogP contribution in [0.1, 0.15) is 0 Å². The molecule has 1 aliphatic rings. The first-order chi connectivity index (χ1) is 10.3. The second kappa shape index (κ2) is 5.86. The second-order valence-corrected chi connectivity index (χ2v) is 4.69. The Morgan fingerprint density at radius 1 is 0.905 bits per heavy atom. The molecule has 0 unspecified atom stereocenters. The number of nitrogens with zero attached hydrogens (tertiary/aromatic N) is 6. The van der Waals surface area contributed by atoms with Crippen molar-refractivity contribution in [3.05, 3.63) is 30.6 Å². The quantitative estimate of drug-likeness (QED) is 0.895. The summed E-state index contributed by atoms with van der Waals surface area (Å²) in [7, 11) is 1.81. The predicted molar refractivity (Wildman–Crippen MR) is 78.0 cm³/mol. The van der Waals surface area contributed by atoms with Crippen LogP contribution < -0.4 is 15.1 Å². The van der Waals surface area contributed by atoms with Crippen LogP contribution >= 0.6 is 0 Å². The Hall–Kier alpha value is -2.51. The molecule has 0 aromatic carbocycles. The van der Waals surface area contributed by atoms with E-state index >= 15 is 0 Å². The summed E-state index contributed by atoms with van der Waals surface area (Å²) < 4.78 is 12.8. The maximum absolute atomic E-state index is 12.8. The Morgan fingerprint density at radius 3 is 2.14 bits per heavy atom. The molecule has 1 saturated heterocycles. The minimum atomic E-state index is -0.419. The summed E-state index contributed by atoms with van der Waals surface area (Å²) >= 11 is 0. The molecule has 8 heteroatoms. The van der Waals surface area contributed by atoms with Crippen LogP contribution in [0.2, 0.25) is 0 Å². The summed E-state index contributed by atoms with van der Waals surface area (Å²) in [6.07, 6.45) is 5.86. The molecule has 3 rings (SSSR count). The van der Waals surface area contributed by atoms with E-state index in [0.717, 1.165) is 37.8 Å². The first-order valence-electron chi connectivity index (χ1n) is 6.73. The molecule has 110 valence electrons. The fourth-order valence-corrected chi connectivity index (χ4v) is 2.22. The molecule has 0 spiro atoms. The summed E-state index contributed by atoms with van der Waals surface area (Å²) in [5, 5.41) is 2.94. The van der Waals surface area contributed by atoms with Crippen LogP contribution in [-0.4, -0.2) is 53.2 Å². The van der Waals surface area contributed by atoms with E-state index in [1.165, 1.54) is 12.4 Å². The minimum Gasteiger partial charge on any atom is -0.372 e. The van der Waals surface area contributed by atoms with Crippen molar-refractivity contribution in [2.24, 2.45) is 0 Å². The first kappa shape index (κ1) is 13.5. The lowest BCUT2D eigenvalue weighted by molar-refractivity contribution is 0.601. The summed E-state index contributed by atoms with van der Waals surface area (Å²) in [5.74, 6) is 1.75. The normalized spacial score (nSPS) is 15.1. The van der Waals surface area contributed by atoms with Gasteiger partial charge in [0, 0.05) is 33.2 Å². The van der Waals surface area contributed by atoms with Gasteiger partial charge in [-0.15, -0.1) is 0 Å². The highest BCUT2D eigenvalue weighted by Gasteiger charge is 2.20. The lowest BCUT2D eigenvalue weighted by atomic mass is 10.3. The maximum Gasteiger partial charge on any atom is 0.225 e. The highest BCUT2D eigenvalue weighted by Crippen LogP contribution is 2.16. The molecular weight excluding hydrogens is 273 g/mol. The maximum atomic E-state index is 12.8. The number of anilines is 3. The number of rotatable bonds is 3. The Bertz CT molecular complexity index is 578. The van der Waals surface area contributed by atoms with Crippen molar-refractivity contribution in [2.75, 3.05) is 48.3 Å². The molecule has 0 saturated carbocycles. The van der Waals surface area contributed by atoms with Crippen LogP contribution in [0.25, 0.3) is 0 Å². The van der Waals surface area contributed by atoms with Crippen molar-refractivity contribution in [3.63, 3.8) is 0 Å². The number of nitrogens with one attached hydrogen (secondary N) is 1. The monoisotopic (exact) mass is 289 g/mol. The third-order valence-electron chi connectivity index (χ3n) is 3.39. The van der Waals surface area contributed by atoms with E-state index in [0.29, 0.717) is 5.95 Å². The SMILES string of the molecule is CNc1cnc(N2CCN(c3ncc(F)cn3)CC2)cn1. The number of hydrogen-bond acceptors (Lipinski definition) is 7. The van der Waals surface area contributed by atoms with Crippen LogP contribution in [-0.2, 0) is 0 Å². The van der Waals surface area contributed by atoms with Gasteiger partial charge >= 0.3 is 0 Å². The summed E-state index contributed by atoms with van der Waals surface area (Å²) in [6.45, 7) is 3.13. The van der Waals surface area contributed by atoms with E-state index in [2.05, 4.69) is 30.2 Å². The molecule has 21 heavy (non-hydrogen) atoms. The van der Waals surface area contributed by atoms with E-state index in [-0.39, 0.29) is 0 Å². The Kier molecular flexibility index (Phi) is 3.76. The molecule has 0 aliphatic carbocycles. The van der Waals surface area contributed by atoms with Gasteiger partial charge in [0.05, 0.1) is 24.8 Å². The van der Waals surface area contributed by atoms with Gasteiger partial charge in [0.1, 0.15) is 11.6 Å². The smallest absolute Gasteiger partial charge is 0.225 e. The minimum absolute atomic E-state index is 0.419. The summed E-state index contributed by atoms with van der Waals surface area (Å²) in [6, 6.07) is 0. The van der Waals surface area contributed by atoms with Crippen LogP contribution in [0.4, 0.5) is 22.0 Å². The molecule has 2 aromatic heterocycles. The highest BCUT2D eigenvalue weighted by molar-refractivity contribution is 5.43. The lowest BCUT2D eigenvalue weighted by Crippen LogP contribution is -2.47. The third kappa shape index (κ3) is 2.99. The molecule has 2 aromatic rings. The molecule has 0 bridgehead atoms. The van der Waals surface area contributed by atoms with Crippen LogP contribution in [0.5, 0.6) is 0 Å². The molecule has 0 amide bonds. The van der Waals surface area contributed by atoms with Crippen molar-refractivity contribution in [1.29, 1.82) is 0 Å². The molecular formula is C13H16FN7. The summed E-state index contributed by atoms with van der Waals surface area (Å²) in [4.78, 5) is 20.9. The summed E-state index contributed by atoms with van der Waals surface area (Å²) in [5.41, 5.74) is 0. The third-order valence-corrected chi connectivity index (χ3v) is 3.39. The molecule has 0 radical (unpaired) electrons. The van der Waals surface area contributed by atoms with Gasteiger partial charge in [-0.25, -0.2) is 24.3 Å². The van der Waals surface area contributed by atoms with E-state index in [9.17, 15) is 4.39 Å². The number of halogens is 1. The van der Waals surface area contributed by atoms with Gasteiger partial charge < -0.3 is 15.1 Å². The number of piperazine rings is 1. The molecule has 1 aliphatic heterocycles. The van der Waals surface area contributed by atoms with Crippen molar-refractivity contribution in [1.82, 2.24) is 19.9 Å². The van der Waals surface area contributed by atoms with Gasteiger partial charge in [0.15, 0.2) is 5.82 Å². The lowest BCUT2D eigenvalue weighted by Gasteiger charge is -2.35. The van der Waals surface area contributed by atoms with Crippen LogP contribution in [0.15, 0.2) is 24.8 Å². The fourth-order valence-electron chi connectivity index (χ4n) is 2.22. The molecule has 3 heterocycles. The van der Waals surface area contributed by atoms with Gasteiger partial charge in [-0.1, -0.05) is 0 Å². The molecule has 7 nitrogen and oxygen atoms in total. The van der Waals surface area contributed by atoms with E-state index in [4.69, 9.17) is 0 Å². The Labute approximate surface area is 121 Å². The topological polar surface area (TPSA) is 70.1 Å². The zero-order valence-electron chi connectivity index (χ0n) is 11.7. The van der Waals surface area contributed by atoms with Crippen molar-refractivity contribution in [3.8, 4) is 0 Å². The molecule has 1 fully saturated rings. The van der Waals surface area contributed by atoms with Gasteiger partial charge in [-0.3, -0.25) is 0 Å². The van der Waals surface area contributed by atoms with E-state index in [1.54, 1.807) is 12.4 Å². The zero-order valence-corrected chi connectivity index (χ0v) is 11.7. The number of aromatic nitrogens is 4. The number of hydrogen-bond donors (Lipinski definition) is 1. The van der Waals surface area contributed by atoms with Crippen LogP contribution in [0, 0.1) is 5.82 Å². The van der Waals surface area contributed by atoms with Gasteiger partial charge in [0.25, 0.3) is 0 Å². The first-order valence-corrected chi connectivity index (χ1v) is 6.73. The van der Waals surface area contributed by atoms with Gasteiger partial charge in [-0.2, -0.15) is 0 Å². The van der Waals surface area contributed by atoms with E-state index in [1.807, 2.05) is 11.9 Å². The zero-order chi connectivity index (χ0) is 14.7. The van der Waals surface area contributed by atoms with Crippen LogP contribution in [0.3, 0.4) is 0 Å².